The molecule has 4 nitrogen and oxygen atoms in total. The number of aromatic nitrogens is 2. The molecule has 0 bridgehead atoms. The highest BCUT2D eigenvalue weighted by Gasteiger charge is 2.09. The fourth-order valence-corrected chi connectivity index (χ4v) is 2.16. The van der Waals surface area contributed by atoms with Crippen LogP contribution >= 0.6 is 0 Å². The van der Waals surface area contributed by atoms with Crippen LogP contribution in [0.15, 0.2) is 48.5 Å². The zero-order chi connectivity index (χ0) is 15.4. The third kappa shape index (κ3) is 2.70. The number of para-hydroxylation sites is 1. The SMILES string of the molecule is C#CCOc1ccc(-c2nc(OC)c3ccccc3n2)cc1. The first-order valence-electron chi connectivity index (χ1n) is 6.79. The molecule has 3 aromatic rings. The van der Waals surface area contributed by atoms with Crippen molar-refractivity contribution >= 4 is 10.9 Å². The van der Waals surface area contributed by atoms with Gasteiger partial charge in [0.1, 0.15) is 12.4 Å². The van der Waals surface area contributed by atoms with E-state index in [1.165, 1.54) is 0 Å². The van der Waals surface area contributed by atoms with Gasteiger partial charge < -0.3 is 9.47 Å². The summed E-state index contributed by atoms with van der Waals surface area (Å²) in [5, 5.41) is 0.891. The van der Waals surface area contributed by atoms with Crippen LogP contribution in [0.4, 0.5) is 0 Å². The predicted molar refractivity (Wildman–Crippen MR) is 85.9 cm³/mol. The lowest BCUT2D eigenvalue weighted by Crippen LogP contribution is -1.96. The van der Waals surface area contributed by atoms with Crippen molar-refractivity contribution in [1.29, 1.82) is 0 Å². The number of ether oxygens (including phenoxy) is 2. The molecule has 0 unspecified atom stereocenters. The van der Waals surface area contributed by atoms with E-state index >= 15 is 0 Å². The minimum Gasteiger partial charge on any atom is -0.481 e. The highest BCUT2D eigenvalue weighted by molar-refractivity contribution is 5.85. The van der Waals surface area contributed by atoms with Crippen LogP contribution < -0.4 is 9.47 Å². The van der Waals surface area contributed by atoms with E-state index in [0.29, 0.717) is 11.7 Å². The summed E-state index contributed by atoms with van der Waals surface area (Å²) < 4.78 is 10.7. The Morgan fingerprint density at radius 2 is 1.82 bits per heavy atom. The molecule has 0 atom stereocenters. The number of rotatable bonds is 4. The standard InChI is InChI=1S/C18H14N2O2/c1-3-12-22-14-10-8-13(9-11-14)17-19-16-7-5-4-6-15(16)18(20-17)21-2/h1,4-11H,12H2,2H3. The van der Waals surface area contributed by atoms with Crippen molar-refractivity contribution in [1.82, 2.24) is 9.97 Å². The lowest BCUT2D eigenvalue weighted by Gasteiger charge is -2.08. The Balaban J connectivity index is 2.01. The van der Waals surface area contributed by atoms with Crippen molar-refractivity contribution in [3.8, 4) is 35.4 Å². The Morgan fingerprint density at radius 3 is 2.55 bits per heavy atom. The summed E-state index contributed by atoms with van der Waals surface area (Å²) in [6, 6.07) is 15.2. The molecule has 22 heavy (non-hydrogen) atoms. The van der Waals surface area contributed by atoms with Crippen LogP contribution in [-0.2, 0) is 0 Å². The number of fused-ring (bicyclic) bond motifs is 1. The third-order valence-corrected chi connectivity index (χ3v) is 3.20. The van der Waals surface area contributed by atoms with E-state index in [1.54, 1.807) is 7.11 Å². The average molecular weight is 290 g/mol. The van der Waals surface area contributed by atoms with Crippen molar-refractivity contribution in [2.45, 2.75) is 0 Å². The predicted octanol–water partition coefficient (Wildman–Crippen LogP) is 3.32. The maximum absolute atomic E-state index is 5.37. The smallest absolute Gasteiger partial charge is 0.224 e. The van der Waals surface area contributed by atoms with Gasteiger partial charge in [-0.3, -0.25) is 0 Å². The third-order valence-electron chi connectivity index (χ3n) is 3.20. The molecule has 108 valence electrons. The topological polar surface area (TPSA) is 44.2 Å². The number of nitrogens with zero attached hydrogens (tertiary/aromatic N) is 2. The van der Waals surface area contributed by atoms with E-state index in [9.17, 15) is 0 Å². The van der Waals surface area contributed by atoms with Gasteiger partial charge in [-0.25, -0.2) is 4.98 Å². The number of methoxy groups -OCH3 is 1. The molecule has 0 N–H and O–H groups in total. The van der Waals surface area contributed by atoms with Gasteiger partial charge in [0.2, 0.25) is 5.88 Å². The molecule has 0 aliphatic heterocycles. The fraction of sp³-hybridized carbons (Fsp3) is 0.111. The van der Waals surface area contributed by atoms with Crippen molar-refractivity contribution in [2.75, 3.05) is 13.7 Å². The van der Waals surface area contributed by atoms with Gasteiger partial charge in [-0.05, 0) is 36.4 Å². The van der Waals surface area contributed by atoms with E-state index in [0.717, 1.165) is 22.2 Å². The Morgan fingerprint density at radius 1 is 1.05 bits per heavy atom. The van der Waals surface area contributed by atoms with Gasteiger partial charge in [-0.2, -0.15) is 4.98 Å². The van der Waals surface area contributed by atoms with Gasteiger partial charge in [-0.15, -0.1) is 6.42 Å². The summed E-state index contributed by atoms with van der Waals surface area (Å²) in [5.74, 6) is 4.32. The van der Waals surface area contributed by atoms with Crippen molar-refractivity contribution in [3.05, 3.63) is 48.5 Å². The lowest BCUT2D eigenvalue weighted by molar-refractivity contribution is 0.370. The monoisotopic (exact) mass is 290 g/mol. The van der Waals surface area contributed by atoms with E-state index in [1.807, 2.05) is 48.5 Å². The minimum absolute atomic E-state index is 0.250. The molecule has 0 radical (unpaired) electrons. The van der Waals surface area contributed by atoms with Crippen LogP contribution in [0, 0.1) is 12.3 Å². The van der Waals surface area contributed by atoms with Crippen LogP contribution in [0.3, 0.4) is 0 Å². The first-order valence-corrected chi connectivity index (χ1v) is 6.79. The maximum atomic E-state index is 5.37. The van der Waals surface area contributed by atoms with E-state index in [2.05, 4.69) is 15.9 Å². The van der Waals surface area contributed by atoms with Crippen LogP contribution in [0.1, 0.15) is 0 Å². The molecular weight excluding hydrogens is 276 g/mol. The molecule has 0 saturated carbocycles. The Bertz CT molecular complexity index is 836. The second-order valence-corrected chi connectivity index (χ2v) is 4.59. The summed E-state index contributed by atoms with van der Waals surface area (Å²) in [4.78, 5) is 9.06. The van der Waals surface area contributed by atoms with Gasteiger partial charge in [0, 0.05) is 5.56 Å². The van der Waals surface area contributed by atoms with Gasteiger partial charge >= 0.3 is 0 Å². The molecule has 4 heteroatoms. The van der Waals surface area contributed by atoms with E-state index in [4.69, 9.17) is 15.9 Å². The molecule has 0 amide bonds. The molecular formula is C18H14N2O2. The van der Waals surface area contributed by atoms with Gasteiger partial charge in [0.25, 0.3) is 0 Å². The second kappa shape index (κ2) is 6.15. The summed E-state index contributed by atoms with van der Waals surface area (Å²) in [7, 11) is 1.61. The number of hydrogen-bond acceptors (Lipinski definition) is 4. The van der Waals surface area contributed by atoms with Crippen molar-refractivity contribution < 1.29 is 9.47 Å². The molecule has 3 rings (SSSR count). The normalized spacial score (nSPS) is 10.2. The van der Waals surface area contributed by atoms with Gasteiger partial charge in [0.15, 0.2) is 5.82 Å². The zero-order valence-corrected chi connectivity index (χ0v) is 12.1. The van der Waals surface area contributed by atoms with Crippen LogP contribution in [0.5, 0.6) is 11.6 Å². The summed E-state index contributed by atoms with van der Waals surface area (Å²) in [6.45, 7) is 0.250. The lowest BCUT2D eigenvalue weighted by atomic mass is 10.2. The van der Waals surface area contributed by atoms with E-state index in [-0.39, 0.29) is 6.61 Å². The molecule has 0 aliphatic carbocycles. The minimum atomic E-state index is 0.250. The Kier molecular flexibility index (Phi) is 3.88. The molecule has 1 heterocycles. The van der Waals surface area contributed by atoms with E-state index < -0.39 is 0 Å². The van der Waals surface area contributed by atoms with Crippen molar-refractivity contribution in [3.63, 3.8) is 0 Å². The molecule has 0 saturated heterocycles. The Hall–Kier alpha value is -3.06. The maximum Gasteiger partial charge on any atom is 0.224 e. The van der Waals surface area contributed by atoms with Crippen LogP contribution in [0.25, 0.3) is 22.3 Å². The molecule has 0 fully saturated rings. The molecule has 0 aliphatic rings. The number of hydrogen-bond donors (Lipinski definition) is 0. The zero-order valence-electron chi connectivity index (χ0n) is 12.1. The van der Waals surface area contributed by atoms with Crippen LogP contribution in [-0.4, -0.2) is 23.7 Å². The molecule has 1 aromatic heterocycles. The largest absolute Gasteiger partial charge is 0.481 e. The fourth-order valence-electron chi connectivity index (χ4n) is 2.16. The highest BCUT2D eigenvalue weighted by atomic mass is 16.5. The van der Waals surface area contributed by atoms with Gasteiger partial charge in [0.05, 0.1) is 18.0 Å². The second-order valence-electron chi connectivity index (χ2n) is 4.59. The van der Waals surface area contributed by atoms with Crippen LogP contribution in [0.2, 0.25) is 0 Å². The Labute approximate surface area is 128 Å². The number of benzene rings is 2. The molecule has 2 aromatic carbocycles. The van der Waals surface area contributed by atoms with Gasteiger partial charge in [-0.1, -0.05) is 18.1 Å². The highest BCUT2D eigenvalue weighted by Crippen LogP contribution is 2.27. The summed E-state index contributed by atoms with van der Waals surface area (Å²) >= 11 is 0. The number of terminal acetylenes is 1. The first kappa shape index (κ1) is 13.9. The molecule has 0 spiro atoms. The van der Waals surface area contributed by atoms with Crippen molar-refractivity contribution in [2.24, 2.45) is 0 Å². The summed E-state index contributed by atoms with van der Waals surface area (Å²) in [6.07, 6.45) is 5.17. The first-order chi connectivity index (χ1) is 10.8. The average Bonchev–Trinajstić information content (AvgIpc) is 2.59. The quantitative estimate of drug-likeness (QED) is 0.691. The summed E-state index contributed by atoms with van der Waals surface area (Å²) in [5.41, 5.74) is 1.73.